The summed E-state index contributed by atoms with van der Waals surface area (Å²) in [4.78, 5) is 12.9. The highest BCUT2D eigenvalue weighted by Gasteiger charge is 2.42. The highest BCUT2D eigenvalue weighted by Crippen LogP contribution is 2.26. The van der Waals surface area contributed by atoms with Crippen molar-refractivity contribution in [2.75, 3.05) is 4.90 Å². The lowest BCUT2D eigenvalue weighted by molar-refractivity contribution is -0.125. The van der Waals surface area contributed by atoms with Crippen molar-refractivity contribution in [3.63, 3.8) is 0 Å². The normalized spacial score (nSPS) is 26.2. The maximum Gasteiger partial charge on any atom is 0.246 e. The molecule has 0 bridgehead atoms. The number of carbonyl (C=O) groups is 1. The van der Waals surface area contributed by atoms with Crippen LogP contribution in [-0.2, 0) is 4.79 Å². The van der Waals surface area contributed by atoms with Crippen LogP contribution in [0.1, 0.15) is 6.92 Å². The van der Waals surface area contributed by atoms with Crippen LogP contribution in [0.3, 0.4) is 0 Å². The summed E-state index contributed by atoms with van der Waals surface area (Å²) >= 11 is 0. The first-order valence-corrected chi connectivity index (χ1v) is 4.45. The molecule has 1 fully saturated rings. The minimum atomic E-state index is -0.446. The van der Waals surface area contributed by atoms with Crippen molar-refractivity contribution < 1.29 is 9.18 Å². The highest BCUT2D eigenvalue weighted by atomic mass is 19.1. The van der Waals surface area contributed by atoms with E-state index in [4.69, 9.17) is 5.73 Å². The first kappa shape index (κ1) is 9.15. The van der Waals surface area contributed by atoms with Gasteiger partial charge in [-0.05, 0) is 25.1 Å². The van der Waals surface area contributed by atoms with E-state index in [-0.39, 0.29) is 17.8 Å². The summed E-state index contributed by atoms with van der Waals surface area (Å²) in [6.45, 7) is 1.84. The second-order valence-corrected chi connectivity index (χ2v) is 3.45. The Balaban J connectivity index is 2.29. The lowest BCUT2D eigenvalue weighted by Gasteiger charge is -2.43. The summed E-state index contributed by atoms with van der Waals surface area (Å²) in [5.41, 5.74) is 6.12. The van der Waals surface area contributed by atoms with E-state index in [1.165, 1.54) is 17.0 Å². The Labute approximate surface area is 81.3 Å². The Morgan fingerprint density at radius 2 is 2.21 bits per heavy atom. The van der Waals surface area contributed by atoms with Crippen LogP contribution in [-0.4, -0.2) is 18.0 Å². The van der Waals surface area contributed by atoms with Crippen LogP contribution >= 0.6 is 0 Å². The third-order valence-corrected chi connectivity index (χ3v) is 2.54. The fourth-order valence-electron chi connectivity index (χ4n) is 1.63. The van der Waals surface area contributed by atoms with E-state index in [0.717, 1.165) is 0 Å². The summed E-state index contributed by atoms with van der Waals surface area (Å²) in [7, 11) is 0. The molecule has 74 valence electrons. The number of hydrogen-bond donors (Lipinski definition) is 1. The van der Waals surface area contributed by atoms with Gasteiger partial charge in [-0.1, -0.05) is 6.07 Å². The number of halogens is 1. The zero-order valence-electron chi connectivity index (χ0n) is 7.77. The molecule has 4 heteroatoms. The molecule has 1 saturated heterocycles. The number of benzene rings is 1. The van der Waals surface area contributed by atoms with Crippen LogP contribution in [0, 0.1) is 5.82 Å². The maximum atomic E-state index is 12.9. The summed E-state index contributed by atoms with van der Waals surface area (Å²) < 4.78 is 12.9. The van der Waals surface area contributed by atoms with Crippen molar-refractivity contribution in [1.82, 2.24) is 0 Å². The van der Waals surface area contributed by atoms with Gasteiger partial charge in [0.1, 0.15) is 11.9 Å². The van der Waals surface area contributed by atoms with Crippen molar-refractivity contribution in [3.8, 4) is 0 Å². The van der Waals surface area contributed by atoms with Gasteiger partial charge in [0.15, 0.2) is 0 Å². The van der Waals surface area contributed by atoms with E-state index >= 15 is 0 Å². The predicted octanol–water partition coefficient (Wildman–Crippen LogP) is 0.888. The molecule has 1 heterocycles. The first-order valence-electron chi connectivity index (χ1n) is 4.45. The lowest BCUT2D eigenvalue weighted by atomic mass is 9.97. The molecule has 0 aliphatic carbocycles. The molecule has 0 saturated carbocycles. The van der Waals surface area contributed by atoms with Gasteiger partial charge in [-0.3, -0.25) is 4.79 Å². The summed E-state index contributed by atoms with van der Waals surface area (Å²) in [6.07, 6.45) is 0. The van der Waals surface area contributed by atoms with E-state index in [1.807, 2.05) is 6.92 Å². The van der Waals surface area contributed by atoms with Crippen LogP contribution < -0.4 is 10.6 Å². The molecule has 0 unspecified atom stereocenters. The minimum absolute atomic E-state index is 0.0516. The lowest BCUT2D eigenvalue weighted by Crippen LogP contribution is -2.67. The highest BCUT2D eigenvalue weighted by molar-refractivity contribution is 6.05. The van der Waals surface area contributed by atoms with Crippen molar-refractivity contribution >= 4 is 11.6 Å². The van der Waals surface area contributed by atoms with Gasteiger partial charge in [-0.25, -0.2) is 4.39 Å². The van der Waals surface area contributed by atoms with Gasteiger partial charge in [0.2, 0.25) is 5.91 Å². The third kappa shape index (κ3) is 1.19. The molecule has 2 rings (SSSR count). The standard InChI is InChI=1S/C10H11FN2O/c1-6-9(12)10(14)13(6)8-4-2-3-7(11)5-8/h2-6,9H,12H2,1H3/t6-,9+/m0/s1. The summed E-state index contributed by atoms with van der Waals surface area (Å²) in [6, 6.07) is 5.46. The van der Waals surface area contributed by atoms with Crippen LogP contribution in [0.5, 0.6) is 0 Å². The zero-order chi connectivity index (χ0) is 10.3. The average molecular weight is 194 g/mol. The van der Waals surface area contributed by atoms with Gasteiger partial charge < -0.3 is 10.6 Å². The van der Waals surface area contributed by atoms with Crippen molar-refractivity contribution in [1.29, 1.82) is 0 Å². The molecular weight excluding hydrogens is 183 g/mol. The molecule has 2 N–H and O–H groups in total. The van der Waals surface area contributed by atoms with E-state index in [1.54, 1.807) is 12.1 Å². The number of nitrogens with zero attached hydrogens (tertiary/aromatic N) is 1. The second-order valence-electron chi connectivity index (χ2n) is 3.45. The molecule has 1 aromatic rings. The van der Waals surface area contributed by atoms with E-state index in [2.05, 4.69) is 0 Å². The molecule has 3 nitrogen and oxygen atoms in total. The summed E-state index contributed by atoms with van der Waals surface area (Å²) in [5.74, 6) is -0.494. The van der Waals surface area contributed by atoms with Crippen molar-refractivity contribution in [2.45, 2.75) is 19.0 Å². The van der Waals surface area contributed by atoms with E-state index < -0.39 is 6.04 Å². The van der Waals surface area contributed by atoms with Gasteiger partial charge in [0.05, 0.1) is 6.04 Å². The molecule has 0 aromatic heterocycles. The monoisotopic (exact) mass is 194 g/mol. The Morgan fingerprint density at radius 1 is 1.50 bits per heavy atom. The number of carbonyl (C=O) groups excluding carboxylic acids is 1. The quantitative estimate of drug-likeness (QED) is 0.675. The van der Waals surface area contributed by atoms with E-state index in [9.17, 15) is 9.18 Å². The topological polar surface area (TPSA) is 46.3 Å². The average Bonchev–Trinajstić information content (AvgIpc) is 2.18. The molecule has 0 spiro atoms. The Kier molecular flexibility index (Phi) is 2.00. The minimum Gasteiger partial charge on any atom is -0.318 e. The maximum absolute atomic E-state index is 12.9. The molecule has 0 radical (unpaired) electrons. The second kappa shape index (κ2) is 3.06. The van der Waals surface area contributed by atoms with Gasteiger partial charge in [-0.2, -0.15) is 0 Å². The number of β-lactam (4-membered cyclic amide) rings is 1. The Morgan fingerprint density at radius 3 is 2.79 bits per heavy atom. The molecule has 1 aliphatic heterocycles. The van der Waals surface area contributed by atoms with E-state index in [0.29, 0.717) is 5.69 Å². The van der Waals surface area contributed by atoms with Crippen LogP contribution in [0.25, 0.3) is 0 Å². The number of nitrogens with two attached hydrogens (primary N) is 1. The SMILES string of the molecule is C[C@H]1[C@@H](N)C(=O)N1c1cccc(F)c1. The fourth-order valence-corrected chi connectivity index (χ4v) is 1.63. The summed E-state index contributed by atoms with van der Waals surface area (Å²) in [5, 5.41) is 0. The van der Waals surface area contributed by atoms with Crippen LogP contribution in [0.2, 0.25) is 0 Å². The third-order valence-electron chi connectivity index (χ3n) is 2.54. The fraction of sp³-hybridized carbons (Fsp3) is 0.300. The van der Waals surface area contributed by atoms with Crippen molar-refractivity contribution in [2.24, 2.45) is 5.73 Å². The van der Waals surface area contributed by atoms with Gasteiger partial charge in [0.25, 0.3) is 0 Å². The Hall–Kier alpha value is -1.42. The number of hydrogen-bond acceptors (Lipinski definition) is 2. The largest absolute Gasteiger partial charge is 0.318 e. The smallest absolute Gasteiger partial charge is 0.246 e. The Bertz CT molecular complexity index is 380. The number of anilines is 1. The van der Waals surface area contributed by atoms with Crippen molar-refractivity contribution in [3.05, 3.63) is 30.1 Å². The molecule has 2 atom stereocenters. The predicted molar refractivity (Wildman–Crippen MR) is 51.3 cm³/mol. The molecular formula is C10H11FN2O. The molecule has 1 aliphatic rings. The van der Waals surface area contributed by atoms with Crippen LogP contribution in [0.4, 0.5) is 10.1 Å². The molecule has 1 amide bonds. The number of amides is 1. The van der Waals surface area contributed by atoms with Gasteiger partial charge >= 0.3 is 0 Å². The number of rotatable bonds is 1. The van der Waals surface area contributed by atoms with Crippen LogP contribution in [0.15, 0.2) is 24.3 Å². The van der Waals surface area contributed by atoms with Gasteiger partial charge in [0, 0.05) is 5.69 Å². The molecule has 1 aromatic carbocycles. The molecule has 14 heavy (non-hydrogen) atoms. The van der Waals surface area contributed by atoms with Gasteiger partial charge in [-0.15, -0.1) is 0 Å². The zero-order valence-corrected chi connectivity index (χ0v) is 7.77. The first-order chi connectivity index (χ1) is 6.61.